The van der Waals surface area contributed by atoms with Crippen molar-refractivity contribution in [2.24, 2.45) is 47.3 Å². The molecular weight excluding hydrogens is 568 g/mol. The highest BCUT2D eigenvalue weighted by atomic mass is 16.5. The molecule has 6 aliphatic carbocycles. The Morgan fingerprint density at radius 2 is 1.00 bits per heavy atom. The van der Waals surface area contributed by atoms with Gasteiger partial charge in [0, 0.05) is 24.0 Å². The van der Waals surface area contributed by atoms with Crippen LogP contribution in [-0.4, -0.2) is 11.9 Å². The van der Waals surface area contributed by atoms with Crippen molar-refractivity contribution < 1.29 is 19.1 Å². The lowest BCUT2D eigenvalue weighted by Crippen LogP contribution is -2.35. The first kappa shape index (κ1) is 29.6. The molecule has 4 nitrogen and oxygen atoms in total. The molecule has 2 aromatic rings. The van der Waals surface area contributed by atoms with E-state index in [1.807, 2.05) is 24.3 Å². The number of hydrogen-bond donors (Lipinski definition) is 0. The molecular formula is C42H44O4. The zero-order valence-corrected chi connectivity index (χ0v) is 26.7. The van der Waals surface area contributed by atoms with E-state index in [-0.39, 0.29) is 0 Å². The number of benzene rings is 2. The summed E-state index contributed by atoms with van der Waals surface area (Å²) < 4.78 is 11.2. The number of rotatable bonds is 4. The van der Waals surface area contributed by atoms with Crippen molar-refractivity contribution in [3.05, 3.63) is 70.8 Å². The molecule has 4 heteroatoms. The Balaban J connectivity index is 0.867. The molecule has 4 fully saturated rings. The van der Waals surface area contributed by atoms with Crippen LogP contribution < -0.4 is 9.47 Å². The lowest BCUT2D eigenvalue weighted by atomic mass is 9.60. The van der Waals surface area contributed by atoms with E-state index >= 15 is 0 Å². The maximum atomic E-state index is 12.6. The van der Waals surface area contributed by atoms with E-state index in [9.17, 15) is 9.59 Å². The summed E-state index contributed by atoms with van der Waals surface area (Å²) in [7, 11) is 0. The van der Waals surface area contributed by atoms with E-state index < -0.39 is 11.9 Å². The second-order valence-corrected chi connectivity index (χ2v) is 15.0. The Bertz CT molecular complexity index is 1530. The molecule has 10 atom stereocenters. The number of terminal acetylenes is 2. The van der Waals surface area contributed by atoms with Crippen LogP contribution in [0, 0.1) is 72.0 Å². The summed E-state index contributed by atoms with van der Waals surface area (Å²) >= 11 is 0. The lowest BCUT2D eigenvalue weighted by Gasteiger charge is -2.44. The van der Waals surface area contributed by atoms with Gasteiger partial charge in [-0.25, -0.2) is 9.59 Å². The first-order chi connectivity index (χ1) is 22.5. The molecule has 0 radical (unpaired) electrons. The van der Waals surface area contributed by atoms with Gasteiger partial charge in [0.2, 0.25) is 0 Å². The van der Waals surface area contributed by atoms with Crippen LogP contribution in [0.1, 0.15) is 98.3 Å². The van der Waals surface area contributed by atoms with Crippen molar-refractivity contribution in [1.29, 1.82) is 0 Å². The van der Waals surface area contributed by atoms with Gasteiger partial charge in [0.25, 0.3) is 0 Å². The SMILES string of the molecule is C#CC1CCC2C1CCC1c3ccc(OC(=O)/C=C/C(=O)Oc4ccc5c(c4)CCC4C5CCC5C(C#C)CCC54)cc3CCC12. The maximum Gasteiger partial charge on any atom is 0.336 e. The Morgan fingerprint density at radius 1 is 0.565 bits per heavy atom. The summed E-state index contributed by atoms with van der Waals surface area (Å²) in [5.41, 5.74) is 5.41. The predicted molar refractivity (Wildman–Crippen MR) is 178 cm³/mol. The summed E-state index contributed by atoms with van der Waals surface area (Å²) in [5.74, 6) is 12.5. The summed E-state index contributed by atoms with van der Waals surface area (Å²) in [6, 6.07) is 12.2. The summed E-state index contributed by atoms with van der Waals surface area (Å²) in [5, 5.41) is 0. The van der Waals surface area contributed by atoms with E-state index in [1.54, 1.807) is 0 Å². The highest BCUT2D eigenvalue weighted by Crippen LogP contribution is 2.58. The van der Waals surface area contributed by atoms with Gasteiger partial charge in [-0.2, -0.15) is 0 Å². The fourth-order valence-electron chi connectivity index (χ4n) is 11.4. The van der Waals surface area contributed by atoms with Gasteiger partial charge in [0.15, 0.2) is 0 Å². The van der Waals surface area contributed by atoms with Crippen LogP contribution in [0.5, 0.6) is 11.5 Å². The molecule has 10 unspecified atom stereocenters. The third-order valence-corrected chi connectivity index (χ3v) is 13.3. The molecule has 0 N–H and O–H groups in total. The molecule has 0 aliphatic heterocycles. The molecule has 4 saturated carbocycles. The van der Waals surface area contributed by atoms with E-state index in [1.165, 1.54) is 86.5 Å². The predicted octanol–water partition coefficient (Wildman–Crippen LogP) is 8.18. The molecule has 0 spiro atoms. The van der Waals surface area contributed by atoms with E-state index in [4.69, 9.17) is 22.3 Å². The van der Waals surface area contributed by atoms with Gasteiger partial charge in [-0.05, 0) is 171 Å². The maximum absolute atomic E-state index is 12.6. The number of fused-ring (bicyclic) bond motifs is 10. The van der Waals surface area contributed by atoms with Gasteiger partial charge in [-0.1, -0.05) is 12.1 Å². The molecule has 8 rings (SSSR count). The minimum atomic E-state index is -0.580. The van der Waals surface area contributed by atoms with Crippen LogP contribution in [0.2, 0.25) is 0 Å². The second-order valence-electron chi connectivity index (χ2n) is 15.0. The van der Waals surface area contributed by atoms with Crippen LogP contribution in [0.25, 0.3) is 0 Å². The third-order valence-electron chi connectivity index (χ3n) is 13.3. The van der Waals surface area contributed by atoms with Gasteiger partial charge in [0.1, 0.15) is 11.5 Å². The highest BCUT2D eigenvalue weighted by molar-refractivity contribution is 5.93. The third kappa shape index (κ3) is 5.19. The summed E-state index contributed by atoms with van der Waals surface area (Å²) in [6.45, 7) is 0. The standard InChI is InChI=1S/C42H44O4/c1-3-25-5-11-35-31(25)17-19-37-33-15-9-29(23-27(33)7-13-39(35)37)45-41(43)21-22-42(44)46-30-10-16-34-28(24-30)8-14-40-36-12-6-26(4-2)32(36)18-20-38(34)40/h1-2,9-10,15-16,21-26,31-32,35-40H,5-8,11-14,17-20H2/b22-21+. The molecule has 6 aliphatic rings. The average molecular weight is 613 g/mol. The fraction of sp³-hybridized carbons (Fsp3) is 0.524. The van der Waals surface area contributed by atoms with E-state index in [0.717, 1.165) is 36.8 Å². The summed E-state index contributed by atoms with van der Waals surface area (Å²) in [6.07, 6.45) is 28.1. The Morgan fingerprint density at radius 3 is 1.43 bits per heavy atom. The number of carbonyl (C=O) groups is 2. The molecule has 0 amide bonds. The topological polar surface area (TPSA) is 52.6 Å². The van der Waals surface area contributed by atoms with Gasteiger partial charge >= 0.3 is 11.9 Å². The first-order valence-corrected chi connectivity index (χ1v) is 17.8. The number of aryl methyl sites for hydroxylation is 2. The minimum absolute atomic E-state index is 0.464. The Kier molecular flexibility index (Phi) is 7.80. The van der Waals surface area contributed by atoms with Crippen molar-refractivity contribution in [3.8, 4) is 36.2 Å². The van der Waals surface area contributed by atoms with E-state index in [0.29, 0.717) is 58.8 Å². The molecule has 0 bridgehead atoms. The molecule has 46 heavy (non-hydrogen) atoms. The van der Waals surface area contributed by atoms with Crippen molar-refractivity contribution in [2.45, 2.75) is 88.9 Å². The number of carbonyl (C=O) groups excluding carboxylic acids is 2. The number of ether oxygens (including phenoxy) is 2. The molecule has 2 aromatic carbocycles. The van der Waals surface area contributed by atoms with Crippen LogP contribution in [0.15, 0.2) is 48.6 Å². The molecule has 0 saturated heterocycles. The molecule has 236 valence electrons. The van der Waals surface area contributed by atoms with Crippen LogP contribution in [0.3, 0.4) is 0 Å². The number of esters is 2. The van der Waals surface area contributed by atoms with Crippen molar-refractivity contribution >= 4 is 11.9 Å². The normalized spacial score (nSPS) is 35.3. The highest BCUT2D eigenvalue weighted by Gasteiger charge is 2.48. The smallest absolute Gasteiger partial charge is 0.336 e. The van der Waals surface area contributed by atoms with Gasteiger partial charge in [0.05, 0.1) is 0 Å². The van der Waals surface area contributed by atoms with Crippen LogP contribution >= 0.6 is 0 Å². The first-order valence-electron chi connectivity index (χ1n) is 17.8. The molecule has 0 heterocycles. The van der Waals surface area contributed by atoms with Gasteiger partial charge < -0.3 is 9.47 Å². The zero-order chi connectivity index (χ0) is 31.4. The summed E-state index contributed by atoms with van der Waals surface area (Å²) in [4.78, 5) is 25.3. The second kappa shape index (κ2) is 12.1. The van der Waals surface area contributed by atoms with Gasteiger partial charge in [-0.3, -0.25) is 0 Å². The average Bonchev–Trinajstić information content (AvgIpc) is 3.71. The van der Waals surface area contributed by atoms with Crippen LogP contribution in [0.4, 0.5) is 0 Å². The minimum Gasteiger partial charge on any atom is -0.423 e. The van der Waals surface area contributed by atoms with Crippen molar-refractivity contribution in [3.63, 3.8) is 0 Å². The largest absolute Gasteiger partial charge is 0.423 e. The zero-order valence-electron chi connectivity index (χ0n) is 26.7. The lowest BCUT2D eigenvalue weighted by molar-refractivity contribution is -0.131. The van der Waals surface area contributed by atoms with Crippen molar-refractivity contribution in [1.82, 2.24) is 0 Å². The van der Waals surface area contributed by atoms with E-state index in [2.05, 4.69) is 24.0 Å². The van der Waals surface area contributed by atoms with Gasteiger partial charge in [-0.15, -0.1) is 24.7 Å². The van der Waals surface area contributed by atoms with Crippen LogP contribution in [-0.2, 0) is 22.4 Å². The monoisotopic (exact) mass is 612 g/mol. The quantitative estimate of drug-likeness (QED) is 0.151. The van der Waals surface area contributed by atoms with Crippen molar-refractivity contribution in [2.75, 3.05) is 0 Å². The Labute approximate surface area is 273 Å². The Hall–Kier alpha value is -3.76. The number of hydrogen-bond acceptors (Lipinski definition) is 4. The fourth-order valence-corrected chi connectivity index (χ4v) is 11.4. The molecule has 0 aromatic heterocycles.